The molecule has 2 aromatic rings. The molecule has 1 fully saturated rings. The second-order valence-electron chi connectivity index (χ2n) is 7.76. The Labute approximate surface area is 176 Å². The van der Waals surface area contributed by atoms with Crippen molar-refractivity contribution in [3.63, 3.8) is 0 Å². The molecule has 0 amide bonds. The van der Waals surface area contributed by atoms with Gasteiger partial charge in [0, 0.05) is 19.1 Å². The zero-order chi connectivity index (χ0) is 20.5. The summed E-state index contributed by atoms with van der Waals surface area (Å²) in [5, 5.41) is 0. The average Bonchev–Trinajstić information content (AvgIpc) is 2.73. The second kappa shape index (κ2) is 11.6. The van der Waals surface area contributed by atoms with Crippen LogP contribution in [0.1, 0.15) is 43.7 Å². The van der Waals surface area contributed by atoms with Crippen molar-refractivity contribution in [1.29, 1.82) is 0 Å². The van der Waals surface area contributed by atoms with E-state index < -0.39 is 11.4 Å². The third-order valence-electron chi connectivity index (χ3n) is 5.43. The van der Waals surface area contributed by atoms with Crippen LogP contribution in [0.3, 0.4) is 0 Å². The van der Waals surface area contributed by atoms with Gasteiger partial charge in [0.1, 0.15) is 0 Å². The van der Waals surface area contributed by atoms with E-state index in [0.717, 1.165) is 38.8 Å². The number of benzene rings is 2. The molecule has 0 saturated heterocycles. The summed E-state index contributed by atoms with van der Waals surface area (Å²) in [7, 11) is 0. The van der Waals surface area contributed by atoms with Crippen LogP contribution >= 0.6 is 0 Å². The maximum Gasteiger partial charge on any atom is 0.302 e. The van der Waals surface area contributed by atoms with Crippen LogP contribution in [-0.4, -0.2) is 38.5 Å². The van der Waals surface area contributed by atoms with E-state index in [-0.39, 0.29) is 12.2 Å². The zero-order valence-corrected chi connectivity index (χ0v) is 17.8. The first-order valence-electron chi connectivity index (χ1n) is 10.3. The molecule has 1 N–H and O–H groups in total. The van der Waals surface area contributed by atoms with Crippen molar-refractivity contribution in [2.24, 2.45) is 0 Å². The van der Waals surface area contributed by atoms with Gasteiger partial charge in [0.15, 0.2) is 0 Å². The van der Waals surface area contributed by atoms with Crippen LogP contribution in [0.15, 0.2) is 60.7 Å². The van der Waals surface area contributed by atoms with E-state index in [1.165, 1.54) is 11.1 Å². The first-order valence-corrected chi connectivity index (χ1v) is 11.3. The molecule has 158 valence electrons. The van der Waals surface area contributed by atoms with Crippen molar-refractivity contribution in [2.45, 2.75) is 63.9 Å². The minimum absolute atomic E-state index is 0.194. The third-order valence-corrected chi connectivity index (χ3v) is 5.92. The van der Waals surface area contributed by atoms with E-state index in [1.807, 2.05) is 0 Å². The number of rotatable bonds is 10. The van der Waals surface area contributed by atoms with Crippen molar-refractivity contribution in [3.8, 4) is 0 Å². The van der Waals surface area contributed by atoms with E-state index in [0.29, 0.717) is 12.6 Å². The average molecular weight is 418 g/mol. The molecule has 0 heterocycles. The number of ether oxygens (including phenoxy) is 1. The lowest BCUT2D eigenvalue weighted by Gasteiger charge is -2.37. The monoisotopic (exact) mass is 417 g/mol. The van der Waals surface area contributed by atoms with Gasteiger partial charge in [0.2, 0.25) is 0 Å². The van der Waals surface area contributed by atoms with Crippen LogP contribution in [0.25, 0.3) is 0 Å². The second-order valence-corrected chi connectivity index (χ2v) is 8.39. The van der Waals surface area contributed by atoms with E-state index in [1.54, 1.807) is 6.92 Å². The van der Waals surface area contributed by atoms with Crippen molar-refractivity contribution < 1.29 is 17.7 Å². The van der Waals surface area contributed by atoms with Gasteiger partial charge in [-0.2, -0.15) is 4.21 Å². The highest BCUT2D eigenvalue weighted by Crippen LogP contribution is 2.28. The highest BCUT2D eigenvalue weighted by molar-refractivity contribution is 7.74. The summed E-state index contributed by atoms with van der Waals surface area (Å²) in [4.78, 5) is 2.58. The summed E-state index contributed by atoms with van der Waals surface area (Å²) in [5.41, 5.74) is 2.68. The summed E-state index contributed by atoms with van der Waals surface area (Å²) >= 11 is -2.24. The highest BCUT2D eigenvalue weighted by Gasteiger charge is 2.27. The largest absolute Gasteiger partial charge is 0.375 e. The maximum atomic E-state index is 10.7. The smallest absolute Gasteiger partial charge is 0.302 e. The van der Waals surface area contributed by atoms with Gasteiger partial charge in [-0.25, -0.2) is 0 Å². The molecule has 0 radical (unpaired) electrons. The first-order chi connectivity index (χ1) is 14.1. The van der Waals surface area contributed by atoms with Crippen LogP contribution in [0.4, 0.5) is 0 Å². The zero-order valence-electron chi connectivity index (χ0n) is 17.0. The van der Waals surface area contributed by atoms with Gasteiger partial charge in [-0.1, -0.05) is 60.7 Å². The molecule has 1 saturated carbocycles. The lowest BCUT2D eigenvalue weighted by Crippen LogP contribution is -2.39. The van der Waals surface area contributed by atoms with Gasteiger partial charge in [0.05, 0.1) is 18.8 Å². The summed E-state index contributed by atoms with van der Waals surface area (Å²) in [6, 6.07) is 21.8. The van der Waals surface area contributed by atoms with Crippen molar-refractivity contribution in [3.05, 3.63) is 71.8 Å². The van der Waals surface area contributed by atoms with E-state index in [2.05, 4.69) is 65.6 Å². The van der Waals surface area contributed by atoms with Gasteiger partial charge < -0.3 is 4.74 Å². The molecule has 2 aromatic carbocycles. The van der Waals surface area contributed by atoms with Crippen LogP contribution < -0.4 is 0 Å². The Hall–Kier alpha value is -1.57. The highest BCUT2D eigenvalue weighted by atomic mass is 32.2. The van der Waals surface area contributed by atoms with Gasteiger partial charge >= 0.3 is 11.4 Å². The standard InChI is InChI=1S/C23H31NO4S/c1-19(28-29(25)26)18-27-23-14-12-22(13-15-23)24(16-20-8-4-2-5-9-20)17-21-10-6-3-7-11-21/h2-11,19,22-23H,12-18H2,1H3,(H,25,26). The summed E-state index contributed by atoms with van der Waals surface area (Å²) in [6.45, 7) is 3.98. The Bertz CT molecular complexity index is 694. The predicted octanol–water partition coefficient (Wildman–Crippen LogP) is 4.56. The Morgan fingerprint density at radius 3 is 1.97 bits per heavy atom. The Morgan fingerprint density at radius 1 is 0.966 bits per heavy atom. The molecule has 2 unspecified atom stereocenters. The van der Waals surface area contributed by atoms with Gasteiger partial charge in [-0.05, 0) is 43.7 Å². The number of hydrogen-bond donors (Lipinski definition) is 1. The van der Waals surface area contributed by atoms with E-state index in [4.69, 9.17) is 13.5 Å². The predicted molar refractivity (Wildman–Crippen MR) is 115 cm³/mol. The maximum absolute atomic E-state index is 10.7. The van der Waals surface area contributed by atoms with Crippen molar-refractivity contribution in [1.82, 2.24) is 4.90 Å². The molecule has 6 heteroatoms. The molecule has 1 aliphatic rings. The number of hydrogen-bond acceptors (Lipinski definition) is 4. The molecule has 1 aliphatic carbocycles. The number of nitrogens with zero attached hydrogens (tertiary/aromatic N) is 1. The molecule has 0 bridgehead atoms. The van der Waals surface area contributed by atoms with E-state index in [9.17, 15) is 4.21 Å². The molecule has 0 spiro atoms. The molecule has 2 atom stereocenters. The topological polar surface area (TPSA) is 59.0 Å². The van der Waals surface area contributed by atoms with Gasteiger partial charge in [-0.15, -0.1) is 0 Å². The SMILES string of the molecule is CC(COC1CCC(N(Cc2ccccc2)Cc2ccccc2)CC1)OS(=O)O. The molecular formula is C23H31NO4S. The molecular weight excluding hydrogens is 386 g/mol. The van der Waals surface area contributed by atoms with Crippen LogP contribution in [0.5, 0.6) is 0 Å². The summed E-state index contributed by atoms with van der Waals surface area (Å²) < 4.78 is 30.2. The van der Waals surface area contributed by atoms with Gasteiger partial charge in [0.25, 0.3) is 0 Å². The molecule has 5 nitrogen and oxygen atoms in total. The van der Waals surface area contributed by atoms with Crippen LogP contribution in [-0.2, 0) is 33.4 Å². The molecule has 0 aromatic heterocycles. The Morgan fingerprint density at radius 2 is 1.48 bits per heavy atom. The Balaban J connectivity index is 1.55. The summed E-state index contributed by atoms with van der Waals surface area (Å²) in [6.07, 6.45) is 3.99. The normalized spacial score (nSPS) is 21.8. The lowest BCUT2D eigenvalue weighted by atomic mass is 9.91. The summed E-state index contributed by atoms with van der Waals surface area (Å²) in [5.74, 6) is 0. The minimum atomic E-state index is -2.24. The fraction of sp³-hybridized carbons (Fsp3) is 0.478. The Kier molecular flexibility index (Phi) is 8.83. The minimum Gasteiger partial charge on any atom is -0.375 e. The van der Waals surface area contributed by atoms with E-state index >= 15 is 0 Å². The van der Waals surface area contributed by atoms with Crippen LogP contribution in [0, 0.1) is 0 Å². The quantitative estimate of drug-likeness (QED) is 0.575. The van der Waals surface area contributed by atoms with Crippen LogP contribution in [0.2, 0.25) is 0 Å². The molecule has 0 aliphatic heterocycles. The van der Waals surface area contributed by atoms with Gasteiger partial charge in [-0.3, -0.25) is 13.6 Å². The van der Waals surface area contributed by atoms with Crippen molar-refractivity contribution in [2.75, 3.05) is 6.61 Å². The molecule has 3 rings (SSSR count). The fourth-order valence-electron chi connectivity index (χ4n) is 3.97. The van der Waals surface area contributed by atoms with Crippen molar-refractivity contribution >= 4 is 11.4 Å². The third kappa shape index (κ3) is 7.64. The molecule has 29 heavy (non-hydrogen) atoms. The lowest BCUT2D eigenvalue weighted by molar-refractivity contribution is -0.0241. The fourth-order valence-corrected chi connectivity index (χ4v) is 4.30. The first kappa shape index (κ1) is 22.1.